The van der Waals surface area contributed by atoms with Crippen molar-refractivity contribution in [3.05, 3.63) is 35.1 Å². The normalized spacial score (nSPS) is 23.7. The van der Waals surface area contributed by atoms with E-state index in [9.17, 15) is 9.18 Å². The van der Waals surface area contributed by atoms with Gasteiger partial charge in [-0.1, -0.05) is 6.92 Å². The lowest BCUT2D eigenvalue weighted by atomic mass is 10.1. The molecule has 4 heteroatoms. The summed E-state index contributed by atoms with van der Waals surface area (Å²) in [5.74, 6) is 0.0200. The van der Waals surface area contributed by atoms with E-state index < -0.39 is 0 Å². The Morgan fingerprint density at radius 1 is 1.47 bits per heavy atom. The van der Waals surface area contributed by atoms with Gasteiger partial charge in [0.15, 0.2) is 0 Å². The summed E-state index contributed by atoms with van der Waals surface area (Å²) < 4.78 is 13.1. The predicted molar refractivity (Wildman–Crippen MR) is 64.4 cm³/mol. The number of amides is 1. The van der Waals surface area contributed by atoms with E-state index in [1.54, 1.807) is 13.0 Å². The van der Waals surface area contributed by atoms with Crippen LogP contribution in [0.1, 0.15) is 22.8 Å². The van der Waals surface area contributed by atoms with Crippen molar-refractivity contribution in [2.24, 2.45) is 5.92 Å². The molecule has 0 aliphatic carbocycles. The van der Waals surface area contributed by atoms with Crippen LogP contribution in [0, 0.1) is 18.7 Å². The lowest BCUT2D eigenvalue weighted by Gasteiger charge is -2.16. The Labute approximate surface area is 100 Å². The summed E-state index contributed by atoms with van der Waals surface area (Å²) in [5.41, 5.74) is 1.01. The van der Waals surface area contributed by atoms with Crippen LogP contribution in [0.15, 0.2) is 18.2 Å². The van der Waals surface area contributed by atoms with E-state index in [1.807, 2.05) is 0 Å². The number of hydrogen-bond donors (Lipinski definition) is 2. The molecule has 1 aliphatic heterocycles. The SMILES string of the molecule is Cc1cc(C(=O)NC2CNCC2C)ccc1F. The lowest BCUT2D eigenvalue weighted by molar-refractivity contribution is 0.0932. The van der Waals surface area contributed by atoms with Crippen LogP contribution in [-0.4, -0.2) is 25.0 Å². The number of hydrogen-bond acceptors (Lipinski definition) is 2. The smallest absolute Gasteiger partial charge is 0.251 e. The van der Waals surface area contributed by atoms with Gasteiger partial charge in [-0.25, -0.2) is 4.39 Å². The van der Waals surface area contributed by atoms with Gasteiger partial charge in [-0.15, -0.1) is 0 Å². The van der Waals surface area contributed by atoms with Gasteiger partial charge in [0.05, 0.1) is 0 Å². The van der Waals surface area contributed by atoms with Crippen molar-refractivity contribution >= 4 is 5.91 Å². The van der Waals surface area contributed by atoms with E-state index in [-0.39, 0.29) is 17.8 Å². The molecule has 1 fully saturated rings. The molecular weight excluding hydrogens is 219 g/mol. The number of nitrogens with one attached hydrogen (secondary N) is 2. The van der Waals surface area contributed by atoms with Gasteiger partial charge in [-0.05, 0) is 43.1 Å². The fourth-order valence-electron chi connectivity index (χ4n) is 2.04. The summed E-state index contributed by atoms with van der Waals surface area (Å²) >= 11 is 0. The highest BCUT2D eigenvalue weighted by atomic mass is 19.1. The minimum atomic E-state index is -0.280. The van der Waals surface area contributed by atoms with Gasteiger partial charge < -0.3 is 10.6 Å². The molecule has 2 N–H and O–H groups in total. The molecule has 1 amide bonds. The Morgan fingerprint density at radius 2 is 2.24 bits per heavy atom. The van der Waals surface area contributed by atoms with E-state index in [0.717, 1.165) is 13.1 Å². The van der Waals surface area contributed by atoms with E-state index >= 15 is 0 Å². The Morgan fingerprint density at radius 3 is 2.82 bits per heavy atom. The minimum Gasteiger partial charge on any atom is -0.348 e. The van der Waals surface area contributed by atoms with Gasteiger partial charge in [-0.3, -0.25) is 4.79 Å². The molecule has 1 heterocycles. The third-order valence-electron chi connectivity index (χ3n) is 3.25. The van der Waals surface area contributed by atoms with E-state index in [2.05, 4.69) is 17.6 Å². The number of carbonyl (C=O) groups is 1. The summed E-state index contributed by atoms with van der Waals surface area (Å²) in [4.78, 5) is 11.9. The van der Waals surface area contributed by atoms with Crippen molar-refractivity contribution in [2.45, 2.75) is 19.9 Å². The second kappa shape index (κ2) is 4.84. The Balaban J connectivity index is 2.06. The van der Waals surface area contributed by atoms with E-state index in [1.165, 1.54) is 12.1 Å². The van der Waals surface area contributed by atoms with Crippen molar-refractivity contribution in [1.29, 1.82) is 0 Å². The van der Waals surface area contributed by atoms with E-state index in [0.29, 0.717) is 17.0 Å². The predicted octanol–water partition coefficient (Wildman–Crippen LogP) is 1.47. The monoisotopic (exact) mass is 236 g/mol. The fourth-order valence-corrected chi connectivity index (χ4v) is 2.04. The van der Waals surface area contributed by atoms with Crippen molar-refractivity contribution in [3.63, 3.8) is 0 Å². The van der Waals surface area contributed by atoms with Crippen LogP contribution in [0.5, 0.6) is 0 Å². The van der Waals surface area contributed by atoms with Gasteiger partial charge >= 0.3 is 0 Å². The molecule has 1 aliphatic rings. The maximum absolute atomic E-state index is 13.1. The molecular formula is C13H17FN2O. The van der Waals surface area contributed by atoms with Gasteiger partial charge in [-0.2, -0.15) is 0 Å². The van der Waals surface area contributed by atoms with Gasteiger partial charge in [0.1, 0.15) is 5.82 Å². The van der Waals surface area contributed by atoms with Crippen molar-refractivity contribution in [2.75, 3.05) is 13.1 Å². The molecule has 2 atom stereocenters. The molecule has 0 aromatic heterocycles. The zero-order chi connectivity index (χ0) is 12.4. The molecule has 0 spiro atoms. The summed E-state index contributed by atoms with van der Waals surface area (Å²) in [6.45, 7) is 5.48. The number of benzene rings is 1. The second-order valence-electron chi connectivity index (χ2n) is 4.68. The Hall–Kier alpha value is -1.42. The highest BCUT2D eigenvalue weighted by Gasteiger charge is 2.24. The highest BCUT2D eigenvalue weighted by Crippen LogP contribution is 2.12. The topological polar surface area (TPSA) is 41.1 Å². The quantitative estimate of drug-likeness (QED) is 0.816. The molecule has 2 unspecified atom stereocenters. The van der Waals surface area contributed by atoms with Crippen molar-refractivity contribution < 1.29 is 9.18 Å². The molecule has 17 heavy (non-hydrogen) atoms. The summed E-state index contributed by atoms with van der Waals surface area (Å²) in [6.07, 6.45) is 0. The largest absolute Gasteiger partial charge is 0.348 e. The number of aryl methyl sites for hydroxylation is 1. The molecule has 92 valence electrons. The van der Waals surface area contributed by atoms with Crippen LogP contribution >= 0.6 is 0 Å². The molecule has 0 bridgehead atoms. The lowest BCUT2D eigenvalue weighted by Crippen LogP contribution is -2.39. The molecule has 2 rings (SSSR count). The zero-order valence-electron chi connectivity index (χ0n) is 10.1. The second-order valence-corrected chi connectivity index (χ2v) is 4.68. The first kappa shape index (κ1) is 12.0. The van der Waals surface area contributed by atoms with Gasteiger partial charge in [0.2, 0.25) is 0 Å². The average molecular weight is 236 g/mol. The van der Waals surface area contributed by atoms with Crippen LogP contribution in [0.2, 0.25) is 0 Å². The molecule has 0 radical (unpaired) electrons. The number of carbonyl (C=O) groups excluding carboxylic acids is 1. The summed E-state index contributed by atoms with van der Waals surface area (Å²) in [5, 5.41) is 6.19. The third-order valence-corrected chi connectivity index (χ3v) is 3.25. The maximum atomic E-state index is 13.1. The number of rotatable bonds is 2. The van der Waals surface area contributed by atoms with Gasteiger partial charge in [0, 0.05) is 18.2 Å². The van der Waals surface area contributed by atoms with Gasteiger partial charge in [0.25, 0.3) is 5.91 Å². The number of halogens is 1. The average Bonchev–Trinajstić information content (AvgIpc) is 2.68. The molecule has 0 saturated carbocycles. The Bertz CT molecular complexity index is 433. The first-order valence-electron chi connectivity index (χ1n) is 5.85. The first-order valence-corrected chi connectivity index (χ1v) is 5.85. The fraction of sp³-hybridized carbons (Fsp3) is 0.462. The Kier molecular flexibility index (Phi) is 3.43. The molecule has 1 saturated heterocycles. The first-order chi connectivity index (χ1) is 8.08. The van der Waals surface area contributed by atoms with E-state index in [4.69, 9.17) is 0 Å². The van der Waals surface area contributed by atoms with Crippen LogP contribution in [0.4, 0.5) is 4.39 Å². The standard InChI is InChI=1S/C13H17FN2O/c1-8-5-10(3-4-11(8)14)13(17)16-12-7-15-6-9(12)2/h3-5,9,12,15H,6-7H2,1-2H3,(H,16,17). The molecule has 1 aromatic rings. The van der Waals surface area contributed by atoms with Crippen LogP contribution in [-0.2, 0) is 0 Å². The molecule has 3 nitrogen and oxygen atoms in total. The maximum Gasteiger partial charge on any atom is 0.251 e. The highest BCUT2D eigenvalue weighted by molar-refractivity contribution is 5.94. The van der Waals surface area contributed by atoms with Crippen molar-refractivity contribution in [3.8, 4) is 0 Å². The van der Waals surface area contributed by atoms with Crippen molar-refractivity contribution in [1.82, 2.24) is 10.6 Å². The van der Waals surface area contributed by atoms with Crippen LogP contribution in [0.25, 0.3) is 0 Å². The summed E-state index contributed by atoms with van der Waals surface area (Å²) in [7, 11) is 0. The summed E-state index contributed by atoms with van der Waals surface area (Å²) in [6, 6.07) is 4.59. The minimum absolute atomic E-state index is 0.131. The third kappa shape index (κ3) is 2.64. The van der Waals surface area contributed by atoms with Crippen LogP contribution in [0.3, 0.4) is 0 Å². The zero-order valence-corrected chi connectivity index (χ0v) is 10.1. The van der Waals surface area contributed by atoms with Crippen LogP contribution < -0.4 is 10.6 Å². The molecule has 1 aromatic carbocycles.